The number of para-hydroxylation sites is 2. The number of halogens is 2. The minimum atomic E-state index is -0.575. The second kappa shape index (κ2) is 9.54. The molecule has 0 aliphatic carbocycles. The summed E-state index contributed by atoms with van der Waals surface area (Å²) in [4.78, 5) is 12.5. The summed E-state index contributed by atoms with van der Waals surface area (Å²) in [6, 6.07) is 21.7. The third-order valence-electron chi connectivity index (χ3n) is 4.01. The highest BCUT2D eigenvalue weighted by molar-refractivity contribution is 6.34. The molecular weight excluding hydrogens is 391 g/mol. The maximum atomic E-state index is 13.0. The lowest BCUT2D eigenvalue weighted by molar-refractivity contribution is -0.112. The van der Waals surface area contributed by atoms with Crippen LogP contribution < -0.4 is 10.1 Å². The fourth-order valence-electron chi connectivity index (χ4n) is 2.53. The smallest absolute Gasteiger partial charge is 0.266 e. The standard InChI is InChI=1S/C23H16ClFN2O2/c24-20-6-2-3-7-21(20)27-23(28)18(14-26)13-17-5-1-4-8-22(17)29-15-16-9-11-19(25)12-10-16/h1-13H,15H2,(H,27,28)/b18-13+. The summed E-state index contributed by atoms with van der Waals surface area (Å²) in [6.45, 7) is 0.221. The molecule has 6 heteroatoms. The second-order valence-electron chi connectivity index (χ2n) is 6.06. The molecule has 3 aromatic carbocycles. The van der Waals surface area contributed by atoms with Crippen LogP contribution >= 0.6 is 11.6 Å². The quantitative estimate of drug-likeness (QED) is 0.428. The van der Waals surface area contributed by atoms with E-state index in [-0.39, 0.29) is 18.0 Å². The maximum absolute atomic E-state index is 13.0. The Morgan fingerprint density at radius 1 is 1.07 bits per heavy atom. The Bertz CT molecular complexity index is 1090. The normalized spacial score (nSPS) is 10.9. The van der Waals surface area contributed by atoms with Crippen LogP contribution in [-0.2, 0) is 11.4 Å². The number of carbonyl (C=O) groups is 1. The number of nitriles is 1. The number of benzene rings is 3. The number of nitrogens with zero attached hydrogens (tertiary/aromatic N) is 1. The van der Waals surface area contributed by atoms with Crippen molar-refractivity contribution in [2.75, 3.05) is 5.32 Å². The molecule has 144 valence electrons. The van der Waals surface area contributed by atoms with Gasteiger partial charge in [-0.1, -0.05) is 54.1 Å². The number of hydrogen-bond acceptors (Lipinski definition) is 3. The zero-order valence-electron chi connectivity index (χ0n) is 15.2. The molecule has 29 heavy (non-hydrogen) atoms. The fraction of sp³-hybridized carbons (Fsp3) is 0.0435. The summed E-state index contributed by atoms with van der Waals surface area (Å²) in [7, 11) is 0. The molecule has 1 N–H and O–H groups in total. The van der Waals surface area contributed by atoms with Gasteiger partial charge < -0.3 is 10.1 Å². The van der Waals surface area contributed by atoms with Crippen molar-refractivity contribution in [2.45, 2.75) is 6.61 Å². The molecule has 0 saturated heterocycles. The van der Waals surface area contributed by atoms with E-state index in [1.807, 2.05) is 6.07 Å². The number of rotatable bonds is 6. The van der Waals surface area contributed by atoms with Crippen LogP contribution in [0.4, 0.5) is 10.1 Å². The van der Waals surface area contributed by atoms with Crippen LogP contribution in [-0.4, -0.2) is 5.91 Å². The molecule has 3 rings (SSSR count). The second-order valence-corrected chi connectivity index (χ2v) is 6.46. The Morgan fingerprint density at radius 2 is 1.76 bits per heavy atom. The molecule has 4 nitrogen and oxygen atoms in total. The van der Waals surface area contributed by atoms with Crippen molar-refractivity contribution < 1.29 is 13.9 Å². The van der Waals surface area contributed by atoms with E-state index < -0.39 is 5.91 Å². The Hall–Kier alpha value is -3.62. The van der Waals surface area contributed by atoms with Gasteiger partial charge >= 0.3 is 0 Å². The predicted molar refractivity (Wildman–Crippen MR) is 111 cm³/mol. The summed E-state index contributed by atoms with van der Waals surface area (Å²) in [5.41, 5.74) is 1.69. The lowest BCUT2D eigenvalue weighted by atomic mass is 10.1. The molecule has 0 heterocycles. The minimum Gasteiger partial charge on any atom is -0.488 e. The van der Waals surface area contributed by atoms with Crippen LogP contribution in [0.25, 0.3) is 6.08 Å². The minimum absolute atomic E-state index is 0.0947. The third kappa shape index (κ3) is 5.44. The van der Waals surface area contributed by atoms with Gasteiger partial charge in [0.05, 0.1) is 10.7 Å². The topological polar surface area (TPSA) is 62.1 Å². The third-order valence-corrected chi connectivity index (χ3v) is 4.34. The van der Waals surface area contributed by atoms with Gasteiger partial charge in [-0.05, 0) is 42.0 Å². The zero-order valence-corrected chi connectivity index (χ0v) is 16.0. The van der Waals surface area contributed by atoms with E-state index in [1.165, 1.54) is 18.2 Å². The maximum Gasteiger partial charge on any atom is 0.266 e. The van der Waals surface area contributed by atoms with Crippen molar-refractivity contribution in [3.63, 3.8) is 0 Å². The molecular formula is C23H16ClFN2O2. The van der Waals surface area contributed by atoms with Crippen LogP contribution in [0.2, 0.25) is 5.02 Å². The van der Waals surface area contributed by atoms with E-state index in [1.54, 1.807) is 60.7 Å². The SMILES string of the molecule is N#C/C(=C\c1ccccc1OCc1ccc(F)cc1)C(=O)Nc1ccccc1Cl. The molecule has 3 aromatic rings. The monoisotopic (exact) mass is 406 g/mol. The molecule has 0 spiro atoms. The highest BCUT2D eigenvalue weighted by Crippen LogP contribution is 2.24. The highest BCUT2D eigenvalue weighted by Gasteiger charge is 2.12. The van der Waals surface area contributed by atoms with E-state index in [0.29, 0.717) is 22.0 Å². The Labute approximate surface area is 172 Å². The van der Waals surface area contributed by atoms with Gasteiger partial charge in [-0.15, -0.1) is 0 Å². The number of ether oxygens (including phenoxy) is 1. The number of amides is 1. The fourth-order valence-corrected chi connectivity index (χ4v) is 2.71. The molecule has 0 radical (unpaired) electrons. The molecule has 1 amide bonds. The van der Waals surface area contributed by atoms with Crippen molar-refractivity contribution in [2.24, 2.45) is 0 Å². The molecule has 0 saturated carbocycles. The lowest BCUT2D eigenvalue weighted by Crippen LogP contribution is -2.13. The zero-order chi connectivity index (χ0) is 20.6. The first kappa shape index (κ1) is 20.1. The van der Waals surface area contributed by atoms with Crippen molar-refractivity contribution in [3.8, 4) is 11.8 Å². The summed E-state index contributed by atoms with van der Waals surface area (Å²) in [6.07, 6.45) is 1.45. The van der Waals surface area contributed by atoms with Crippen LogP contribution in [0.15, 0.2) is 78.4 Å². The van der Waals surface area contributed by atoms with Gasteiger partial charge in [0.1, 0.15) is 29.8 Å². The Kier molecular flexibility index (Phi) is 6.62. The van der Waals surface area contributed by atoms with E-state index in [2.05, 4.69) is 5.32 Å². The number of hydrogen-bond donors (Lipinski definition) is 1. The summed E-state index contributed by atoms with van der Waals surface area (Å²) in [5.74, 6) is -0.399. The molecule has 0 aliphatic rings. The number of nitrogens with one attached hydrogen (secondary N) is 1. The lowest BCUT2D eigenvalue weighted by Gasteiger charge is -2.10. The summed E-state index contributed by atoms with van der Waals surface area (Å²) < 4.78 is 18.8. The van der Waals surface area contributed by atoms with Crippen molar-refractivity contribution in [1.82, 2.24) is 0 Å². The Balaban J connectivity index is 1.78. The molecule has 0 aliphatic heterocycles. The largest absolute Gasteiger partial charge is 0.488 e. The van der Waals surface area contributed by atoms with Gasteiger partial charge in [0, 0.05) is 5.56 Å². The van der Waals surface area contributed by atoms with Crippen molar-refractivity contribution in [3.05, 3.63) is 100 Å². The number of carbonyl (C=O) groups excluding carboxylic acids is 1. The highest BCUT2D eigenvalue weighted by atomic mass is 35.5. The van der Waals surface area contributed by atoms with Gasteiger partial charge in [-0.2, -0.15) is 5.26 Å². The Morgan fingerprint density at radius 3 is 2.48 bits per heavy atom. The van der Waals surface area contributed by atoms with E-state index in [4.69, 9.17) is 16.3 Å². The van der Waals surface area contributed by atoms with Gasteiger partial charge in [0.2, 0.25) is 0 Å². The molecule has 0 aromatic heterocycles. The molecule has 0 fully saturated rings. The predicted octanol–water partition coefficient (Wildman–Crippen LogP) is 5.60. The average molecular weight is 407 g/mol. The van der Waals surface area contributed by atoms with Crippen molar-refractivity contribution >= 4 is 29.3 Å². The summed E-state index contributed by atoms with van der Waals surface area (Å²) >= 11 is 6.05. The van der Waals surface area contributed by atoms with Gasteiger partial charge in [0.25, 0.3) is 5.91 Å². The van der Waals surface area contributed by atoms with Gasteiger partial charge in [0.15, 0.2) is 0 Å². The van der Waals surface area contributed by atoms with E-state index in [9.17, 15) is 14.4 Å². The number of anilines is 1. The first-order valence-corrected chi connectivity index (χ1v) is 9.08. The molecule has 0 unspecified atom stereocenters. The van der Waals surface area contributed by atoms with Crippen LogP contribution in [0.3, 0.4) is 0 Å². The first-order chi connectivity index (χ1) is 14.1. The van der Waals surface area contributed by atoms with Crippen LogP contribution in [0.5, 0.6) is 5.75 Å². The van der Waals surface area contributed by atoms with Crippen LogP contribution in [0.1, 0.15) is 11.1 Å². The van der Waals surface area contributed by atoms with Gasteiger partial charge in [-0.25, -0.2) is 4.39 Å². The van der Waals surface area contributed by atoms with E-state index >= 15 is 0 Å². The van der Waals surface area contributed by atoms with Gasteiger partial charge in [-0.3, -0.25) is 4.79 Å². The average Bonchev–Trinajstić information content (AvgIpc) is 2.74. The first-order valence-electron chi connectivity index (χ1n) is 8.71. The van der Waals surface area contributed by atoms with Crippen molar-refractivity contribution in [1.29, 1.82) is 5.26 Å². The molecule has 0 atom stereocenters. The van der Waals surface area contributed by atoms with Crippen LogP contribution in [0, 0.1) is 17.1 Å². The molecule has 0 bridgehead atoms. The summed E-state index contributed by atoms with van der Waals surface area (Å²) in [5, 5.41) is 12.4. The van der Waals surface area contributed by atoms with E-state index in [0.717, 1.165) is 5.56 Å².